The number of anilines is 1. The lowest BCUT2D eigenvalue weighted by Crippen LogP contribution is -2.17. The van der Waals surface area contributed by atoms with Crippen LogP contribution in [0.3, 0.4) is 0 Å². The molecule has 1 atom stereocenters. The van der Waals surface area contributed by atoms with Gasteiger partial charge in [0.15, 0.2) is 0 Å². The van der Waals surface area contributed by atoms with Crippen LogP contribution in [0.5, 0.6) is 0 Å². The molecule has 1 aliphatic heterocycles. The molecule has 1 aromatic rings. The maximum Gasteiger partial charge on any atom is 0.0511 e. The average Bonchev–Trinajstić information content (AvgIpc) is 2.80. The van der Waals surface area contributed by atoms with Gasteiger partial charge in [-0.15, -0.1) is 0 Å². The minimum atomic E-state index is 0.669. The third kappa shape index (κ3) is 3.72. The lowest BCUT2D eigenvalue weighted by Gasteiger charge is -2.17. The lowest BCUT2D eigenvalue weighted by atomic mass is 10.1. The van der Waals surface area contributed by atoms with Gasteiger partial charge in [0.2, 0.25) is 0 Å². The Bertz CT molecular complexity index is 346. The van der Waals surface area contributed by atoms with Crippen molar-refractivity contribution in [1.82, 2.24) is 4.90 Å². The van der Waals surface area contributed by atoms with Gasteiger partial charge >= 0.3 is 0 Å². The number of nitrogens with zero attached hydrogens (tertiary/aromatic N) is 1. The number of hydrogen-bond donors (Lipinski definition) is 1. The monoisotopic (exact) mass is 234 g/mol. The molecule has 1 aliphatic rings. The third-order valence-corrected chi connectivity index (χ3v) is 3.11. The second kappa shape index (κ2) is 6.03. The van der Waals surface area contributed by atoms with Crippen LogP contribution >= 0.6 is 0 Å². The zero-order valence-electron chi connectivity index (χ0n) is 10.8. The zero-order chi connectivity index (χ0) is 12.1. The van der Waals surface area contributed by atoms with Gasteiger partial charge in [-0.2, -0.15) is 0 Å². The van der Waals surface area contributed by atoms with Crippen molar-refractivity contribution in [2.24, 2.45) is 5.92 Å². The van der Waals surface area contributed by atoms with Crippen molar-refractivity contribution in [3.05, 3.63) is 29.8 Å². The molecular weight excluding hydrogens is 212 g/mol. The van der Waals surface area contributed by atoms with Crippen LogP contribution in [0.15, 0.2) is 24.3 Å². The summed E-state index contributed by atoms with van der Waals surface area (Å²) < 4.78 is 5.39. The van der Waals surface area contributed by atoms with Gasteiger partial charge in [-0.25, -0.2) is 0 Å². The van der Waals surface area contributed by atoms with Crippen LogP contribution < -0.4 is 5.32 Å². The van der Waals surface area contributed by atoms with E-state index in [1.54, 1.807) is 0 Å². The molecule has 1 heterocycles. The van der Waals surface area contributed by atoms with Crippen LogP contribution in [0, 0.1) is 5.92 Å². The summed E-state index contributed by atoms with van der Waals surface area (Å²) in [6, 6.07) is 8.54. The molecule has 3 nitrogen and oxygen atoms in total. The molecule has 0 bridgehead atoms. The van der Waals surface area contributed by atoms with Gasteiger partial charge in [0.25, 0.3) is 0 Å². The van der Waals surface area contributed by atoms with E-state index in [4.69, 9.17) is 4.74 Å². The molecule has 0 radical (unpaired) electrons. The topological polar surface area (TPSA) is 24.5 Å². The summed E-state index contributed by atoms with van der Waals surface area (Å²) in [5, 5.41) is 3.55. The molecule has 1 saturated heterocycles. The molecule has 94 valence electrons. The molecule has 2 rings (SSSR count). The molecule has 17 heavy (non-hydrogen) atoms. The van der Waals surface area contributed by atoms with Crippen molar-refractivity contribution in [2.75, 3.05) is 39.2 Å². The molecule has 1 aromatic carbocycles. The third-order valence-electron chi connectivity index (χ3n) is 3.11. The van der Waals surface area contributed by atoms with E-state index in [0.29, 0.717) is 5.92 Å². The van der Waals surface area contributed by atoms with Crippen molar-refractivity contribution in [3.63, 3.8) is 0 Å². The molecule has 0 saturated carbocycles. The minimum Gasteiger partial charge on any atom is -0.384 e. The number of benzene rings is 1. The molecule has 3 heteroatoms. The first-order valence-corrected chi connectivity index (χ1v) is 6.30. The zero-order valence-corrected chi connectivity index (χ0v) is 10.8. The van der Waals surface area contributed by atoms with Gasteiger partial charge in [0.05, 0.1) is 6.61 Å². The Morgan fingerprint density at radius 2 is 2.18 bits per heavy atom. The SMILES string of the molecule is CN(C)Cc1ccccc1NCC1CCOC1. The predicted molar refractivity (Wildman–Crippen MR) is 71.2 cm³/mol. The Labute approximate surface area is 104 Å². The van der Waals surface area contributed by atoms with Gasteiger partial charge in [-0.3, -0.25) is 0 Å². The van der Waals surface area contributed by atoms with Crippen LogP contribution in [0.25, 0.3) is 0 Å². The highest BCUT2D eigenvalue weighted by Gasteiger charge is 2.15. The van der Waals surface area contributed by atoms with Gasteiger partial charge in [0, 0.05) is 31.3 Å². The summed E-state index contributed by atoms with van der Waals surface area (Å²) >= 11 is 0. The van der Waals surface area contributed by atoms with Gasteiger partial charge in [-0.1, -0.05) is 18.2 Å². The summed E-state index contributed by atoms with van der Waals surface area (Å²) in [6.07, 6.45) is 1.18. The Hall–Kier alpha value is -1.06. The van der Waals surface area contributed by atoms with E-state index in [2.05, 4.69) is 48.6 Å². The molecule has 1 N–H and O–H groups in total. The highest BCUT2D eigenvalue weighted by atomic mass is 16.5. The fourth-order valence-corrected chi connectivity index (χ4v) is 2.17. The van der Waals surface area contributed by atoms with Crippen molar-refractivity contribution in [3.8, 4) is 0 Å². The van der Waals surface area contributed by atoms with E-state index in [1.165, 1.54) is 17.7 Å². The van der Waals surface area contributed by atoms with Crippen LogP contribution in [-0.4, -0.2) is 38.8 Å². The van der Waals surface area contributed by atoms with Crippen molar-refractivity contribution in [1.29, 1.82) is 0 Å². The number of para-hydroxylation sites is 1. The maximum absolute atomic E-state index is 5.39. The van der Waals surface area contributed by atoms with Crippen molar-refractivity contribution in [2.45, 2.75) is 13.0 Å². The number of hydrogen-bond acceptors (Lipinski definition) is 3. The maximum atomic E-state index is 5.39. The largest absolute Gasteiger partial charge is 0.384 e. The fourth-order valence-electron chi connectivity index (χ4n) is 2.17. The molecule has 1 fully saturated rings. The smallest absolute Gasteiger partial charge is 0.0511 e. The number of rotatable bonds is 5. The number of ether oxygens (including phenoxy) is 1. The van der Waals surface area contributed by atoms with E-state index < -0.39 is 0 Å². The van der Waals surface area contributed by atoms with Crippen LogP contribution in [0.1, 0.15) is 12.0 Å². The van der Waals surface area contributed by atoms with E-state index in [1.807, 2.05) is 0 Å². The summed E-state index contributed by atoms with van der Waals surface area (Å²) in [5.41, 5.74) is 2.62. The fraction of sp³-hybridized carbons (Fsp3) is 0.571. The van der Waals surface area contributed by atoms with E-state index in [-0.39, 0.29) is 0 Å². The van der Waals surface area contributed by atoms with E-state index >= 15 is 0 Å². The molecule has 0 spiro atoms. The molecule has 0 aliphatic carbocycles. The van der Waals surface area contributed by atoms with E-state index in [0.717, 1.165) is 26.3 Å². The normalized spacial score (nSPS) is 19.8. The van der Waals surface area contributed by atoms with Crippen LogP contribution in [0.2, 0.25) is 0 Å². The van der Waals surface area contributed by atoms with Crippen molar-refractivity contribution < 1.29 is 4.74 Å². The lowest BCUT2D eigenvalue weighted by molar-refractivity contribution is 0.187. The van der Waals surface area contributed by atoms with Gasteiger partial charge < -0.3 is 15.0 Å². The second-order valence-corrected chi connectivity index (χ2v) is 5.01. The Morgan fingerprint density at radius 3 is 2.88 bits per heavy atom. The Balaban J connectivity index is 1.94. The van der Waals surface area contributed by atoms with Crippen LogP contribution in [0.4, 0.5) is 5.69 Å². The van der Waals surface area contributed by atoms with Crippen molar-refractivity contribution >= 4 is 5.69 Å². The minimum absolute atomic E-state index is 0.669. The highest BCUT2D eigenvalue weighted by Crippen LogP contribution is 2.19. The Kier molecular flexibility index (Phi) is 4.40. The summed E-state index contributed by atoms with van der Waals surface area (Å²) in [6.45, 7) is 3.82. The van der Waals surface area contributed by atoms with Crippen LogP contribution in [-0.2, 0) is 11.3 Å². The second-order valence-electron chi connectivity index (χ2n) is 5.01. The predicted octanol–water partition coefficient (Wildman–Crippen LogP) is 2.20. The molecule has 0 amide bonds. The quantitative estimate of drug-likeness (QED) is 0.845. The standard InChI is InChI=1S/C14H22N2O/c1-16(2)10-13-5-3-4-6-14(13)15-9-12-7-8-17-11-12/h3-6,12,15H,7-11H2,1-2H3. The van der Waals surface area contributed by atoms with E-state index in [9.17, 15) is 0 Å². The highest BCUT2D eigenvalue weighted by molar-refractivity contribution is 5.51. The van der Waals surface area contributed by atoms with Gasteiger partial charge in [-0.05, 0) is 32.1 Å². The number of nitrogens with one attached hydrogen (secondary N) is 1. The van der Waals surface area contributed by atoms with Gasteiger partial charge in [0.1, 0.15) is 0 Å². The first-order chi connectivity index (χ1) is 8.25. The Morgan fingerprint density at radius 1 is 1.35 bits per heavy atom. The molecule has 1 unspecified atom stereocenters. The first kappa shape index (κ1) is 12.4. The molecule has 0 aromatic heterocycles. The average molecular weight is 234 g/mol. The first-order valence-electron chi connectivity index (χ1n) is 6.30. The summed E-state index contributed by atoms with van der Waals surface area (Å²) in [7, 11) is 4.20. The molecular formula is C14H22N2O. The summed E-state index contributed by atoms with van der Waals surface area (Å²) in [4.78, 5) is 2.19. The summed E-state index contributed by atoms with van der Waals surface area (Å²) in [5.74, 6) is 0.669.